The van der Waals surface area contributed by atoms with Crippen molar-refractivity contribution in [3.63, 3.8) is 0 Å². The molecule has 0 aliphatic heterocycles. The maximum absolute atomic E-state index is 10.5. The Morgan fingerprint density at radius 3 is 2.43 bits per heavy atom. The molecule has 1 heteroatoms. The number of aromatic hydroxyl groups is 1. The molecule has 0 fully saturated rings. The second kappa shape index (κ2) is 5.29. The average Bonchev–Trinajstić information content (AvgIpc) is 2.61. The minimum Gasteiger partial charge on any atom is -0.507 e. The minimum atomic E-state index is 0.306. The molecule has 0 saturated heterocycles. The van der Waals surface area contributed by atoms with Gasteiger partial charge in [-0.15, -0.1) is 0 Å². The van der Waals surface area contributed by atoms with Gasteiger partial charge in [0.1, 0.15) is 5.75 Å². The minimum absolute atomic E-state index is 0.306. The largest absolute Gasteiger partial charge is 0.507 e. The van der Waals surface area contributed by atoms with E-state index in [4.69, 9.17) is 0 Å². The molecule has 0 amide bonds. The molecule has 0 radical (unpaired) electrons. The fourth-order valence-corrected chi connectivity index (χ4v) is 3.19. The molecule has 0 heterocycles. The molecule has 0 spiro atoms. The summed E-state index contributed by atoms with van der Waals surface area (Å²) in [4.78, 5) is 0. The monoisotopic (exact) mass is 296 g/mol. The Morgan fingerprint density at radius 1 is 0.739 bits per heavy atom. The Balaban J connectivity index is 2.11. The molecule has 0 unspecified atom stereocenters. The quantitative estimate of drug-likeness (QED) is 0.480. The Hall–Kier alpha value is -3.06. The van der Waals surface area contributed by atoms with E-state index in [0.717, 1.165) is 32.8 Å². The molecule has 4 aromatic rings. The van der Waals surface area contributed by atoms with Gasteiger partial charge in [0, 0.05) is 5.56 Å². The topological polar surface area (TPSA) is 20.2 Å². The van der Waals surface area contributed by atoms with Crippen molar-refractivity contribution in [1.82, 2.24) is 0 Å². The van der Waals surface area contributed by atoms with Crippen LogP contribution in [0.5, 0.6) is 5.75 Å². The molecule has 4 aromatic carbocycles. The van der Waals surface area contributed by atoms with Crippen molar-refractivity contribution in [2.24, 2.45) is 0 Å². The Labute approximate surface area is 135 Å². The van der Waals surface area contributed by atoms with Gasteiger partial charge < -0.3 is 5.11 Å². The first-order chi connectivity index (χ1) is 11.3. The van der Waals surface area contributed by atoms with Crippen LogP contribution in [0.25, 0.3) is 38.7 Å². The van der Waals surface area contributed by atoms with Crippen molar-refractivity contribution in [1.29, 1.82) is 0 Å². The van der Waals surface area contributed by atoms with Crippen molar-refractivity contribution in [2.75, 3.05) is 0 Å². The fraction of sp³-hybridized carbons (Fsp3) is 0. The number of phenols is 1. The van der Waals surface area contributed by atoms with E-state index in [-0.39, 0.29) is 0 Å². The van der Waals surface area contributed by atoms with Gasteiger partial charge in [0.2, 0.25) is 0 Å². The van der Waals surface area contributed by atoms with Crippen molar-refractivity contribution in [3.05, 3.63) is 84.9 Å². The van der Waals surface area contributed by atoms with Gasteiger partial charge in [-0.2, -0.15) is 0 Å². The molecular formula is C22H16O. The SMILES string of the molecule is C=Cc1ccc2c(-c3cccc4ccccc34)c(O)ccc2c1. The first-order valence-corrected chi connectivity index (χ1v) is 7.64. The highest BCUT2D eigenvalue weighted by molar-refractivity contribution is 6.07. The summed E-state index contributed by atoms with van der Waals surface area (Å²) in [6, 6.07) is 24.4. The second-order valence-corrected chi connectivity index (χ2v) is 5.67. The van der Waals surface area contributed by atoms with Crippen molar-refractivity contribution in [3.8, 4) is 16.9 Å². The van der Waals surface area contributed by atoms with Gasteiger partial charge in [0.05, 0.1) is 0 Å². The summed E-state index contributed by atoms with van der Waals surface area (Å²) in [5.41, 5.74) is 3.01. The third kappa shape index (κ3) is 2.18. The predicted octanol–water partition coefficient (Wildman–Crippen LogP) is 6.01. The van der Waals surface area contributed by atoms with Gasteiger partial charge >= 0.3 is 0 Å². The van der Waals surface area contributed by atoms with Crippen LogP contribution in [-0.4, -0.2) is 5.11 Å². The molecule has 0 bridgehead atoms. The van der Waals surface area contributed by atoms with E-state index >= 15 is 0 Å². The van der Waals surface area contributed by atoms with Crippen LogP contribution in [0.3, 0.4) is 0 Å². The van der Waals surface area contributed by atoms with E-state index in [1.165, 1.54) is 5.39 Å². The first-order valence-electron chi connectivity index (χ1n) is 7.64. The smallest absolute Gasteiger partial charge is 0.124 e. The van der Waals surface area contributed by atoms with Gasteiger partial charge in [-0.1, -0.05) is 73.3 Å². The zero-order valence-electron chi connectivity index (χ0n) is 12.7. The highest BCUT2D eigenvalue weighted by Gasteiger charge is 2.12. The van der Waals surface area contributed by atoms with E-state index in [0.29, 0.717) is 5.75 Å². The lowest BCUT2D eigenvalue weighted by molar-refractivity contribution is 0.478. The lowest BCUT2D eigenvalue weighted by Gasteiger charge is -2.13. The number of fused-ring (bicyclic) bond motifs is 2. The standard InChI is InChI=1S/C22H16O/c1-2-15-10-12-19-17(14-15)11-13-21(23)22(19)20-9-5-7-16-6-3-4-8-18(16)20/h2-14,23H,1H2. The van der Waals surface area contributed by atoms with Gasteiger partial charge in [-0.05, 0) is 44.8 Å². The Kier molecular flexibility index (Phi) is 3.13. The molecule has 0 aliphatic rings. The van der Waals surface area contributed by atoms with E-state index in [9.17, 15) is 5.11 Å². The van der Waals surface area contributed by atoms with Gasteiger partial charge in [-0.25, -0.2) is 0 Å². The zero-order chi connectivity index (χ0) is 15.8. The predicted molar refractivity (Wildman–Crippen MR) is 98.6 cm³/mol. The Bertz CT molecular complexity index is 1040. The van der Waals surface area contributed by atoms with Crippen LogP contribution in [0.2, 0.25) is 0 Å². The number of phenolic OH excluding ortho intramolecular Hbond substituents is 1. The van der Waals surface area contributed by atoms with Crippen molar-refractivity contribution >= 4 is 27.6 Å². The van der Waals surface area contributed by atoms with E-state index in [2.05, 4.69) is 43.0 Å². The van der Waals surface area contributed by atoms with E-state index < -0.39 is 0 Å². The van der Waals surface area contributed by atoms with Crippen molar-refractivity contribution in [2.45, 2.75) is 0 Å². The van der Waals surface area contributed by atoms with E-state index in [1.54, 1.807) is 6.07 Å². The molecule has 4 rings (SSSR count). The van der Waals surface area contributed by atoms with Crippen LogP contribution < -0.4 is 0 Å². The summed E-state index contributed by atoms with van der Waals surface area (Å²) in [5, 5.41) is 15.0. The molecule has 0 atom stereocenters. The lowest BCUT2D eigenvalue weighted by atomic mass is 9.92. The molecular weight excluding hydrogens is 280 g/mol. The second-order valence-electron chi connectivity index (χ2n) is 5.67. The van der Waals surface area contributed by atoms with Crippen LogP contribution in [-0.2, 0) is 0 Å². The lowest BCUT2D eigenvalue weighted by Crippen LogP contribution is -1.86. The molecule has 0 saturated carbocycles. The highest BCUT2D eigenvalue weighted by atomic mass is 16.3. The van der Waals surface area contributed by atoms with Crippen LogP contribution >= 0.6 is 0 Å². The molecule has 23 heavy (non-hydrogen) atoms. The maximum Gasteiger partial charge on any atom is 0.124 e. The first kappa shape index (κ1) is 13.6. The number of rotatable bonds is 2. The molecule has 0 aromatic heterocycles. The highest BCUT2D eigenvalue weighted by Crippen LogP contribution is 2.40. The number of benzene rings is 4. The van der Waals surface area contributed by atoms with Crippen LogP contribution in [0.15, 0.2) is 79.4 Å². The zero-order valence-corrected chi connectivity index (χ0v) is 12.7. The molecule has 0 aliphatic carbocycles. The summed E-state index contributed by atoms with van der Waals surface area (Å²) in [7, 11) is 0. The molecule has 1 N–H and O–H groups in total. The fourth-order valence-electron chi connectivity index (χ4n) is 3.19. The van der Waals surface area contributed by atoms with Crippen LogP contribution in [0.4, 0.5) is 0 Å². The molecule has 110 valence electrons. The van der Waals surface area contributed by atoms with Gasteiger partial charge in [-0.3, -0.25) is 0 Å². The third-order valence-electron chi connectivity index (χ3n) is 4.32. The third-order valence-corrected chi connectivity index (χ3v) is 4.32. The summed E-state index contributed by atoms with van der Waals surface area (Å²) in [6.07, 6.45) is 1.84. The normalized spacial score (nSPS) is 11.0. The number of hydrogen-bond donors (Lipinski definition) is 1. The van der Waals surface area contributed by atoms with Gasteiger partial charge in [0.15, 0.2) is 0 Å². The van der Waals surface area contributed by atoms with E-state index in [1.807, 2.05) is 36.4 Å². The van der Waals surface area contributed by atoms with Gasteiger partial charge in [0.25, 0.3) is 0 Å². The Morgan fingerprint density at radius 2 is 1.57 bits per heavy atom. The molecule has 1 nitrogen and oxygen atoms in total. The van der Waals surface area contributed by atoms with Crippen LogP contribution in [0, 0.1) is 0 Å². The van der Waals surface area contributed by atoms with Crippen molar-refractivity contribution < 1.29 is 5.11 Å². The summed E-state index contributed by atoms with van der Waals surface area (Å²) < 4.78 is 0. The van der Waals surface area contributed by atoms with Crippen LogP contribution in [0.1, 0.15) is 5.56 Å². The number of hydrogen-bond acceptors (Lipinski definition) is 1. The average molecular weight is 296 g/mol. The summed E-state index contributed by atoms with van der Waals surface area (Å²) in [5.74, 6) is 0.306. The summed E-state index contributed by atoms with van der Waals surface area (Å²) in [6.45, 7) is 3.83. The summed E-state index contributed by atoms with van der Waals surface area (Å²) >= 11 is 0. The maximum atomic E-state index is 10.5.